The highest BCUT2D eigenvalue weighted by molar-refractivity contribution is 14.1. The number of imide groups is 1. The largest absolute Gasteiger partial charge is 0.504 e. The fraction of sp³-hybridized carbons (Fsp3) is 0.333. The van der Waals surface area contributed by atoms with Crippen molar-refractivity contribution in [3.8, 4) is 11.5 Å². The highest BCUT2D eigenvalue weighted by Gasteiger charge is 2.57. The van der Waals surface area contributed by atoms with Crippen molar-refractivity contribution in [1.29, 1.82) is 0 Å². The summed E-state index contributed by atoms with van der Waals surface area (Å²) >= 11 is 2.10. The second-order valence-corrected chi connectivity index (χ2v) is 13.2. The Labute approximate surface area is 281 Å². The number of hydrogen-bond acceptors (Lipinski definition) is 7. The van der Waals surface area contributed by atoms with Crippen molar-refractivity contribution < 1.29 is 29.1 Å². The molecule has 0 spiro atoms. The van der Waals surface area contributed by atoms with Gasteiger partial charge in [0.2, 0.25) is 11.8 Å². The summed E-state index contributed by atoms with van der Waals surface area (Å²) in [6.07, 6.45) is 5.53. The lowest BCUT2D eigenvalue weighted by molar-refractivity contribution is -0.384. The normalized spacial score (nSPS) is 22.7. The molecular formula is C36H35IN2O7. The molecule has 10 heteroatoms. The maximum atomic E-state index is 13.9. The first-order valence-electron chi connectivity index (χ1n) is 15.5. The number of phenolic OH excluding ortho intramolecular Hbond substituents is 1. The number of nitro groups is 1. The van der Waals surface area contributed by atoms with Crippen molar-refractivity contribution in [2.75, 3.05) is 18.6 Å². The molecule has 3 aliphatic rings. The molecule has 0 unspecified atom stereocenters. The molecule has 9 nitrogen and oxygen atoms in total. The Kier molecular flexibility index (Phi) is 9.28. The van der Waals surface area contributed by atoms with Crippen LogP contribution in [0.5, 0.6) is 11.5 Å². The molecular weight excluding hydrogens is 699 g/mol. The molecule has 2 amide bonds. The van der Waals surface area contributed by atoms with Crippen molar-refractivity contribution in [3.63, 3.8) is 0 Å². The lowest BCUT2D eigenvalue weighted by Gasteiger charge is -2.32. The number of aromatic hydroxyl groups is 1. The van der Waals surface area contributed by atoms with Gasteiger partial charge in [-0.05, 0) is 88.7 Å². The minimum absolute atomic E-state index is 0.113. The Balaban J connectivity index is 1.29. The standard InChI is InChI=1S/C36H35IN2O7/c1-3-8-24-18-27-33(36(42)38(35(27)41)25-11-7-12-26(19-25)39(43)44)28-20-46-30(32(24)28)14-13-23(22-9-5-4-6-10-22)15-21-16-29(37)34(40)31(17-21)45-2/h4-7,9-12,15-17,19,27-28,30,33,40H,3,8,13-14,18,20H2,1-2H3/b23-15-/t27-,28+,30-,33-/m1/s1. The van der Waals surface area contributed by atoms with E-state index in [1.807, 2.05) is 30.3 Å². The number of rotatable bonds is 10. The van der Waals surface area contributed by atoms with Crippen molar-refractivity contribution in [3.05, 3.63) is 103 Å². The fourth-order valence-electron chi connectivity index (χ4n) is 7.28. The van der Waals surface area contributed by atoms with E-state index in [1.165, 1.54) is 30.9 Å². The summed E-state index contributed by atoms with van der Waals surface area (Å²) in [7, 11) is 1.53. The number of hydrogen-bond donors (Lipinski definition) is 1. The second-order valence-electron chi connectivity index (χ2n) is 12.0. The van der Waals surface area contributed by atoms with Gasteiger partial charge < -0.3 is 14.6 Å². The zero-order chi connectivity index (χ0) is 32.5. The lowest BCUT2D eigenvalue weighted by atomic mass is 9.68. The first-order chi connectivity index (χ1) is 22.2. The Morgan fingerprint density at radius 3 is 2.61 bits per heavy atom. The lowest BCUT2D eigenvalue weighted by Crippen LogP contribution is -2.34. The molecule has 0 radical (unpaired) electrons. The van der Waals surface area contributed by atoms with Crippen LogP contribution < -0.4 is 9.64 Å². The van der Waals surface area contributed by atoms with Crippen LogP contribution in [0.15, 0.2) is 77.9 Å². The van der Waals surface area contributed by atoms with E-state index in [4.69, 9.17) is 9.47 Å². The molecule has 2 aliphatic heterocycles. The quantitative estimate of drug-likeness (QED) is 0.0571. The van der Waals surface area contributed by atoms with Gasteiger partial charge in [0.1, 0.15) is 0 Å². The smallest absolute Gasteiger partial charge is 0.271 e. The van der Waals surface area contributed by atoms with Gasteiger partial charge in [-0.3, -0.25) is 19.7 Å². The number of phenols is 1. The molecule has 238 valence electrons. The maximum absolute atomic E-state index is 13.9. The number of nitrogens with zero attached hydrogens (tertiary/aromatic N) is 2. The number of amides is 2. The number of carbonyl (C=O) groups excluding carboxylic acids is 2. The number of methoxy groups -OCH3 is 1. The molecule has 1 aliphatic carbocycles. The predicted octanol–water partition coefficient (Wildman–Crippen LogP) is 7.56. The summed E-state index contributed by atoms with van der Waals surface area (Å²) in [5, 5.41) is 21.8. The Morgan fingerprint density at radius 2 is 1.89 bits per heavy atom. The predicted molar refractivity (Wildman–Crippen MR) is 183 cm³/mol. The van der Waals surface area contributed by atoms with E-state index in [-0.39, 0.29) is 41.0 Å². The van der Waals surface area contributed by atoms with Gasteiger partial charge in [0.25, 0.3) is 5.69 Å². The maximum Gasteiger partial charge on any atom is 0.271 e. The number of halogens is 1. The second kappa shape index (κ2) is 13.4. The van der Waals surface area contributed by atoms with E-state index < -0.39 is 16.8 Å². The van der Waals surface area contributed by atoms with Crippen LogP contribution in [0.4, 0.5) is 11.4 Å². The van der Waals surface area contributed by atoms with E-state index in [2.05, 4.69) is 47.7 Å². The fourth-order valence-corrected chi connectivity index (χ4v) is 7.91. The molecule has 0 saturated carbocycles. The molecule has 3 aromatic carbocycles. The number of fused-ring (bicyclic) bond motifs is 3. The molecule has 2 fully saturated rings. The summed E-state index contributed by atoms with van der Waals surface area (Å²) in [5.41, 5.74) is 5.52. The van der Waals surface area contributed by atoms with Gasteiger partial charge in [-0.2, -0.15) is 0 Å². The van der Waals surface area contributed by atoms with Gasteiger partial charge in [-0.1, -0.05) is 61.4 Å². The molecule has 6 rings (SSSR count). The van der Waals surface area contributed by atoms with Crippen LogP contribution in [0, 0.1) is 31.4 Å². The van der Waals surface area contributed by atoms with Crippen LogP contribution in [0.1, 0.15) is 50.2 Å². The first-order valence-corrected chi connectivity index (χ1v) is 16.6. The van der Waals surface area contributed by atoms with Crippen LogP contribution in [0.25, 0.3) is 11.6 Å². The van der Waals surface area contributed by atoms with Crippen molar-refractivity contribution in [1.82, 2.24) is 0 Å². The zero-order valence-corrected chi connectivity index (χ0v) is 27.8. The summed E-state index contributed by atoms with van der Waals surface area (Å²) in [4.78, 5) is 39.7. The third-order valence-electron chi connectivity index (χ3n) is 9.29. The van der Waals surface area contributed by atoms with Crippen LogP contribution >= 0.6 is 22.6 Å². The van der Waals surface area contributed by atoms with E-state index in [0.29, 0.717) is 35.2 Å². The van der Waals surface area contributed by atoms with E-state index >= 15 is 0 Å². The van der Waals surface area contributed by atoms with E-state index in [0.717, 1.165) is 40.0 Å². The Hall–Kier alpha value is -4.03. The minimum atomic E-state index is -0.553. The number of allylic oxidation sites excluding steroid dienone is 2. The summed E-state index contributed by atoms with van der Waals surface area (Å²) in [6, 6.07) is 19.6. The van der Waals surface area contributed by atoms with Crippen LogP contribution in [-0.4, -0.2) is 41.7 Å². The highest BCUT2D eigenvalue weighted by atomic mass is 127. The SMILES string of the molecule is CCCC1=C2[C@@H](CC/C(=C/c3cc(I)c(O)c(OC)c3)c3ccccc3)OC[C@@H]2[C@@H]2C(=O)N(c3cccc([N+](=O)[O-])c3)C(=O)[C@@H]2C1. The number of nitro benzene ring substituents is 1. The van der Waals surface area contributed by atoms with Gasteiger partial charge in [0.15, 0.2) is 11.5 Å². The average Bonchev–Trinajstić information content (AvgIpc) is 3.59. The van der Waals surface area contributed by atoms with E-state index in [1.54, 1.807) is 6.07 Å². The summed E-state index contributed by atoms with van der Waals surface area (Å²) in [6.45, 7) is 2.47. The van der Waals surface area contributed by atoms with Gasteiger partial charge in [-0.15, -0.1) is 0 Å². The summed E-state index contributed by atoms with van der Waals surface area (Å²) < 4.78 is 12.5. The highest BCUT2D eigenvalue weighted by Crippen LogP contribution is 2.51. The van der Waals surface area contributed by atoms with Gasteiger partial charge in [-0.25, -0.2) is 4.90 Å². The van der Waals surface area contributed by atoms with Gasteiger partial charge in [0, 0.05) is 18.1 Å². The molecule has 4 atom stereocenters. The number of non-ortho nitro benzene ring substituents is 1. The van der Waals surface area contributed by atoms with Crippen LogP contribution in [0.3, 0.4) is 0 Å². The summed E-state index contributed by atoms with van der Waals surface area (Å²) in [5.74, 6) is -1.34. The molecule has 2 heterocycles. The molecule has 0 aromatic heterocycles. The van der Waals surface area contributed by atoms with Crippen molar-refractivity contribution in [2.24, 2.45) is 17.8 Å². The molecule has 3 aromatic rings. The Bertz CT molecular complexity index is 1750. The zero-order valence-electron chi connectivity index (χ0n) is 25.6. The van der Waals surface area contributed by atoms with Gasteiger partial charge in [0.05, 0.1) is 45.8 Å². The third-order valence-corrected chi connectivity index (χ3v) is 10.1. The third kappa shape index (κ3) is 5.95. The number of carbonyl (C=O) groups is 2. The van der Waals surface area contributed by atoms with Crippen LogP contribution in [-0.2, 0) is 14.3 Å². The van der Waals surface area contributed by atoms with Gasteiger partial charge >= 0.3 is 0 Å². The first kappa shape index (κ1) is 31.9. The van der Waals surface area contributed by atoms with Crippen LogP contribution in [0.2, 0.25) is 0 Å². The number of anilines is 1. The minimum Gasteiger partial charge on any atom is -0.504 e. The van der Waals surface area contributed by atoms with E-state index in [9.17, 15) is 24.8 Å². The average molecular weight is 735 g/mol. The van der Waals surface area contributed by atoms with Crippen molar-refractivity contribution in [2.45, 2.75) is 45.1 Å². The topological polar surface area (TPSA) is 119 Å². The molecule has 46 heavy (non-hydrogen) atoms. The Morgan fingerprint density at radius 1 is 1.11 bits per heavy atom. The monoisotopic (exact) mass is 734 g/mol. The molecule has 2 saturated heterocycles. The number of benzene rings is 3. The molecule has 0 bridgehead atoms. The molecule has 1 N–H and O–H groups in total. The number of ether oxygens (including phenoxy) is 2. The van der Waals surface area contributed by atoms with Crippen molar-refractivity contribution >= 4 is 57.4 Å².